The lowest BCUT2D eigenvalue weighted by atomic mass is 10.0. The minimum Gasteiger partial charge on any atom is -0.454 e. The summed E-state index contributed by atoms with van der Waals surface area (Å²) in [7, 11) is 0. The van der Waals surface area contributed by atoms with Gasteiger partial charge in [0.2, 0.25) is 12.7 Å². The molecule has 19 heavy (non-hydrogen) atoms. The number of hydrogen-bond donors (Lipinski definition) is 2. The van der Waals surface area contributed by atoms with E-state index in [1.165, 1.54) is 0 Å². The van der Waals surface area contributed by atoms with E-state index < -0.39 is 5.54 Å². The van der Waals surface area contributed by atoms with Crippen LogP contribution in [0.15, 0.2) is 18.2 Å². The topological polar surface area (TPSA) is 59.6 Å². The largest absolute Gasteiger partial charge is 0.454 e. The first-order valence-corrected chi connectivity index (χ1v) is 6.45. The zero-order valence-corrected chi connectivity index (χ0v) is 11.6. The molecule has 1 aliphatic heterocycles. The Morgan fingerprint density at radius 1 is 1.37 bits per heavy atom. The molecule has 5 nitrogen and oxygen atoms in total. The third kappa shape index (κ3) is 2.98. The SMILES string of the molecule is CCNC(C)(C)C(=O)NCc1cccc2c1OCO2. The predicted octanol–water partition coefficient (Wildman–Crippen LogP) is 1.42. The summed E-state index contributed by atoms with van der Waals surface area (Å²) in [6, 6.07) is 5.68. The quantitative estimate of drug-likeness (QED) is 0.844. The van der Waals surface area contributed by atoms with Crippen LogP contribution in [0.25, 0.3) is 0 Å². The van der Waals surface area contributed by atoms with Gasteiger partial charge in [-0.25, -0.2) is 0 Å². The number of carbonyl (C=O) groups is 1. The van der Waals surface area contributed by atoms with Crippen LogP contribution in [0.1, 0.15) is 26.3 Å². The highest BCUT2D eigenvalue weighted by atomic mass is 16.7. The van der Waals surface area contributed by atoms with Crippen molar-refractivity contribution in [2.75, 3.05) is 13.3 Å². The van der Waals surface area contributed by atoms with Crippen LogP contribution in [0, 0.1) is 0 Å². The molecule has 1 aromatic rings. The number of para-hydroxylation sites is 1. The third-order valence-electron chi connectivity index (χ3n) is 3.10. The van der Waals surface area contributed by atoms with Crippen molar-refractivity contribution < 1.29 is 14.3 Å². The van der Waals surface area contributed by atoms with Crippen molar-refractivity contribution in [2.24, 2.45) is 0 Å². The van der Waals surface area contributed by atoms with Crippen molar-refractivity contribution in [3.8, 4) is 11.5 Å². The molecule has 0 aliphatic carbocycles. The second-order valence-electron chi connectivity index (χ2n) is 4.99. The molecule has 0 saturated heterocycles. The van der Waals surface area contributed by atoms with Crippen molar-refractivity contribution in [3.05, 3.63) is 23.8 Å². The van der Waals surface area contributed by atoms with E-state index in [4.69, 9.17) is 9.47 Å². The van der Waals surface area contributed by atoms with E-state index >= 15 is 0 Å². The molecule has 5 heteroatoms. The average molecular weight is 264 g/mol. The molecule has 0 saturated carbocycles. The van der Waals surface area contributed by atoms with Crippen LogP contribution in [0.5, 0.6) is 11.5 Å². The molecule has 0 radical (unpaired) electrons. The Balaban J connectivity index is 2.00. The summed E-state index contributed by atoms with van der Waals surface area (Å²) in [6.07, 6.45) is 0. The maximum atomic E-state index is 12.1. The van der Waals surface area contributed by atoms with Crippen LogP contribution in [-0.4, -0.2) is 24.8 Å². The van der Waals surface area contributed by atoms with Gasteiger partial charge in [0.15, 0.2) is 11.5 Å². The lowest BCUT2D eigenvalue weighted by molar-refractivity contribution is -0.126. The Morgan fingerprint density at radius 2 is 2.16 bits per heavy atom. The molecule has 0 bridgehead atoms. The fourth-order valence-electron chi connectivity index (χ4n) is 2.05. The first-order valence-electron chi connectivity index (χ1n) is 6.45. The van der Waals surface area contributed by atoms with Crippen LogP contribution in [-0.2, 0) is 11.3 Å². The minimum atomic E-state index is -0.579. The molecule has 0 spiro atoms. The number of hydrogen-bond acceptors (Lipinski definition) is 4. The fourth-order valence-corrected chi connectivity index (χ4v) is 2.05. The molecule has 1 heterocycles. The zero-order valence-electron chi connectivity index (χ0n) is 11.6. The van der Waals surface area contributed by atoms with Crippen LogP contribution in [0.4, 0.5) is 0 Å². The van der Waals surface area contributed by atoms with Gasteiger partial charge in [0.05, 0.1) is 5.54 Å². The summed E-state index contributed by atoms with van der Waals surface area (Å²) in [5, 5.41) is 6.06. The van der Waals surface area contributed by atoms with Crippen LogP contribution in [0.3, 0.4) is 0 Å². The highest BCUT2D eigenvalue weighted by molar-refractivity contribution is 5.85. The Kier molecular flexibility index (Phi) is 3.95. The molecule has 0 atom stereocenters. The number of benzene rings is 1. The molecule has 0 fully saturated rings. The molecule has 0 aromatic heterocycles. The summed E-state index contributed by atoms with van der Waals surface area (Å²) in [5.74, 6) is 1.42. The first kappa shape index (κ1) is 13.7. The second kappa shape index (κ2) is 5.48. The summed E-state index contributed by atoms with van der Waals surface area (Å²) < 4.78 is 10.7. The fraction of sp³-hybridized carbons (Fsp3) is 0.500. The lowest BCUT2D eigenvalue weighted by Gasteiger charge is -2.24. The molecule has 1 amide bonds. The Morgan fingerprint density at radius 3 is 2.89 bits per heavy atom. The van der Waals surface area contributed by atoms with Gasteiger partial charge in [-0.2, -0.15) is 0 Å². The molecular weight excluding hydrogens is 244 g/mol. The van der Waals surface area contributed by atoms with Crippen molar-refractivity contribution >= 4 is 5.91 Å². The Labute approximate surface area is 113 Å². The van der Waals surface area contributed by atoms with Gasteiger partial charge in [0, 0.05) is 12.1 Å². The maximum absolute atomic E-state index is 12.1. The van der Waals surface area contributed by atoms with E-state index in [2.05, 4.69) is 10.6 Å². The van der Waals surface area contributed by atoms with Gasteiger partial charge in [0.1, 0.15) is 0 Å². The molecule has 2 rings (SSSR count). The highest BCUT2D eigenvalue weighted by Crippen LogP contribution is 2.35. The normalized spacial score (nSPS) is 13.4. The molecule has 1 aromatic carbocycles. The third-order valence-corrected chi connectivity index (χ3v) is 3.10. The lowest BCUT2D eigenvalue weighted by Crippen LogP contribution is -2.52. The Bertz CT molecular complexity index is 472. The van der Waals surface area contributed by atoms with E-state index in [0.29, 0.717) is 6.54 Å². The van der Waals surface area contributed by atoms with E-state index in [-0.39, 0.29) is 12.7 Å². The van der Waals surface area contributed by atoms with Crippen LogP contribution >= 0.6 is 0 Å². The maximum Gasteiger partial charge on any atom is 0.239 e. The molecule has 104 valence electrons. The molecule has 1 aliphatic rings. The van der Waals surface area contributed by atoms with E-state index in [1.54, 1.807) is 0 Å². The number of carbonyl (C=O) groups excluding carboxylic acids is 1. The molecule has 2 N–H and O–H groups in total. The molecular formula is C14H20N2O3. The van der Waals surface area contributed by atoms with Crippen molar-refractivity contribution in [1.82, 2.24) is 10.6 Å². The summed E-state index contributed by atoms with van der Waals surface area (Å²) in [6.45, 7) is 7.12. The van der Waals surface area contributed by atoms with Gasteiger partial charge < -0.3 is 20.1 Å². The summed E-state index contributed by atoms with van der Waals surface area (Å²) >= 11 is 0. The number of amides is 1. The summed E-state index contributed by atoms with van der Waals surface area (Å²) in [4.78, 5) is 12.1. The number of likely N-dealkylation sites (N-methyl/N-ethyl adjacent to an activating group) is 1. The smallest absolute Gasteiger partial charge is 0.239 e. The van der Waals surface area contributed by atoms with Gasteiger partial charge in [-0.05, 0) is 26.5 Å². The van der Waals surface area contributed by atoms with E-state index in [9.17, 15) is 4.79 Å². The van der Waals surface area contributed by atoms with Crippen molar-refractivity contribution in [2.45, 2.75) is 32.9 Å². The van der Waals surface area contributed by atoms with Crippen molar-refractivity contribution in [1.29, 1.82) is 0 Å². The van der Waals surface area contributed by atoms with Crippen LogP contribution in [0.2, 0.25) is 0 Å². The second-order valence-corrected chi connectivity index (χ2v) is 4.99. The van der Waals surface area contributed by atoms with E-state index in [0.717, 1.165) is 23.6 Å². The number of fused-ring (bicyclic) bond motifs is 1. The highest BCUT2D eigenvalue weighted by Gasteiger charge is 2.26. The zero-order chi connectivity index (χ0) is 13.9. The average Bonchev–Trinajstić information content (AvgIpc) is 2.84. The predicted molar refractivity (Wildman–Crippen MR) is 72.2 cm³/mol. The monoisotopic (exact) mass is 264 g/mol. The van der Waals surface area contributed by atoms with Gasteiger partial charge in [-0.3, -0.25) is 4.79 Å². The molecule has 0 unspecified atom stereocenters. The van der Waals surface area contributed by atoms with Gasteiger partial charge in [-0.1, -0.05) is 19.1 Å². The van der Waals surface area contributed by atoms with Crippen molar-refractivity contribution in [3.63, 3.8) is 0 Å². The van der Waals surface area contributed by atoms with Gasteiger partial charge in [-0.15, -0.1) is 0 Å². The first-order chi connectivity index (χ1) is 9.04. The number of rotatable bonds is 5. The minimum absolute atomic E-state index is 0.0362. The van der Waals surface area contributed by atoms with Gasteiger partial charge in [0.25, 0.3) is 0 Å². The number of nitrogens with one attached hydrogen (secondary N) is 2. The Hall–Kier alpha value is -1.75. The van der Waals surface area contributed by atoms with E-state index in [1.807, 2.05) is 39.0 Å². The van der Waals surface area contributed by atoms with Gasteiger partial charge >= 0.3 is 0 Å². The van der Waals surface area contributed by atoms with Crippen LogP contribution < -0.4 is 20.1 Å². The number of ether oxygens (including phenoxy) is 2. The standard InChI is InChI=1S/C14H20N2O3/c1-4-16-14(2,3)13(17)15-8-10-6-5-7-11-12(10)19-9-18-11/h5-7,16H,4,8-9H2,1-3H3,(H,15,17). The summed E-state index contributed by atoms with van der Waals surface area (Å²) in [5.41, 5.74) is 0.347.